The first kappa shape index (κ1) is 17.2. The van der Waals surface area contributed by atoms with Crippen molar-refractivity contribution in [1.29, 1.82) is 0 Å². The molecule has 0 radical (unpaired) electrons. The van der Waals surface area contributed by atoms with E-state index in [2.05, 4.69) is 88.7 Å². The molecule has 0 spiro atoms. The number of benzene rings is 3. The Morgan fingerprint density at radius 1 is 0.621 bits per heavy atom. The quantitative estimate of drug-likeness (QED) is 0.311. The Labute approximate surface area is 179 Å². The minimum Gasteiger partial charge on any atom is -0.252 e. The average molecular weight is 438 g/mol. The van der Waals surface area contributed by atoms with Gasteiger partial charge in [-0.25, -0.2) is 0 Å². The van der Waals surface area contributed by atoms with Crippen molar-refractivity contribution in [3.63, 3.8) is 0 Å². The molecule has 0 saturated heterocycles. The van der Waals surface area contributed by atoms with Gasteiger partial charge in [0.2, 0.25) is 0 Å². The van der Waals surface area contributed by atoms with Crippen molar-refractivity contribution in [1.82, 2.24) is 4.98 Å². The molecular formula is C27H20BrN. The number of pyridine rings is 1. The van der Waals surface area contributed by atoms with E-state index < -0.39 is 0 Å². The van der Waals surface area contributed by atoms with Gasteiger partial charge in [-0.05, 0) is 65.6 Å². The Kier molecular flexibility index (Phi) is 3.95. The molecule has 0 N–H and O–H groups in total. The van der Waals surface area contributed by atoms with Crippen molar-refractivity contribution in [2.45, 2.75) is 25.7 Å². The molecule has 2 aliphatic rings. The van der Waals surface area contributed by atoms with Gasteiger partial charge in [0.1, 0.15) is 0 Å². The van der Waals surface area contributed by atoms with Crippen LogP contribution in [-0.4, -0.2) is 4.98 Å². The van der Waals surface area contributed by atoms with Crippen LogP contribution in [0.4, 0.5) is 0 Å². The normalized spacial score (nSPS) is 13.8. The number of hydrogen-bond acceptors (Lipinski definition) is 1. The fourth-order valence-corrected chi connectivity index (χ4v) is 5.29. The van der Waals surface area contributed by atoms with Gasteiger partial charge in [0, 0.05) is 26.9 Å². The molecule has 0 saturated carbocycles. The molecule has 1 aromatic heterocycles. The van der Waals surface area contributed by atoms with Gasteiger partial charge >= 0.3 is 0 Å². The maximum atomic E-state index is 5.31. The SMILES string of the molecule is Brc1ccc(-c2nc3c(c4c2-c2ccccc2CC4)-c2ccccc2CC3)cc1. The summed E-state index contributed by atoms with van der Waals surface area (Å²) in [4.78, 5) is 5.31. The van der Waals surface area contributed by atoms with Crippen LogP contribution in [0.25, 0.3) is 33.5 Å². The van der Waals surface area contributed by atoms with Gasteiger partial charge in [-0.15, -0.1) is 0 Å². The smallest absolute Gasteiger partial charge is 0.0786 e. The molecule has 0 amide bonds. The zero-order chi connectivity index (χ0) is 19.4. The highest BCUT2D eigenvalue weighted by molar-refractivity contribution is 9.10. The summed E-state index contributed by atoms with van der Waals surface area (Å²) in [5.74, 6) is 0. The lowest BCUT2D eigenvalue weighted by molar-refractivity contribution is 0.871. The molecule has 0 bridgehead atoms. The molecule has 6 rings (SSSR count). The van der Waals surface area contributed by atoms with Gasteiger partial charge in [0.05, 0.1) is 5.69 Å². The summed E-state index contributed by atoms with van der Waals surface area (Å²) in [5.41, 5.74) is 13.5. The predicted octanol–water partition coefficient (Wildman–Crippen LogP) is 7.04. The van der Waals surface area contributed by atoms with Crippen molar-refractivity contribution < 1.29 is 0 Å². The van der Waals surface area contributed by atoms with E-state index in [1.165, 1.54) is 50.2 Å². The zero-order valence-electron chi connectivity index (χ0n) is 16.1. The molecule has 140 valence electrons. The molecule has 2 aliphatic carbocycles. The molecule has 4 aromatic rings. The minimum atomic E-state index is 1.02. The number of rotatable bonds is 1. The van der Waals surface area contributed by atoms with Gasteiger partial charge in [-0.2, -0.15) is 0 Å². The van der Waals surface area contributed by atoms with E-state index >= 15 is 0 Å². The lowest BCUT2D eigenvalue weighted by Crippen LogP contribution is -2.15. The molecule has 1 heterocycles. The van der Waals surface area contributed by atoms with E-state index in [0.29, 0.717) is 0 Å². The predicted molar refractivity (Wildman–Crippen MR) is 123 cm³/mol. The summed E-state index contributed by atoms with van der Waals surface area (Å²) in [7, 11) is 0. The van der Waals surface area contributed by atoms with Crippen LogP contribution in [-0.2, 0) is 25.7 Å². The third-order valence-electron chi connectivity index (χ3n) is 6.34. The number of aryl methyl sites for hydroxylation is 3. The Hall–Kier alpha value is -2.71. The fourth-order valence-electron chi connectivity index (χ4n) is 5.02. The van der Waals surface area contributed by atoms with E-state index in [1.807, 2.05) is 0 Å². The second-order valence-corrected chi connectivity index (χ2v) is 8.87. The van der Waals surface area contributed by atoms with Crippen LogP contribution in [0.15, 0.2) is 77.3 Å². The second kappa shape index (κ2) is 6.67. The maximum absolute atomic E-state index is 5.31. The minimum absolute atomic E-state index is 1.02. The van der Waals surface area contributed by atoms with Crippen LogP contribution in [0.3, 0.4) is 0 Å². The van der Waals surface area contributed by atoms with Crippen LogP contribution in [0.1, 0.15) is 22.4 Å². The first-order valence-electron chi connectivity index (χ1n) is 10.3. The number of hydrogen-bond donors (Lipinski definition) is 0. The molecule has 0 aliphatic heterocycles. The Bertz CT molecular complexity index is 1250. The lowest BCUT2D eigenvalue weighted by atomic mass is 9.76. The number of halogens is 1. The third kappa shape index (κ3) is 2.70. The largest absolute Gasteiger partial charge is 0.252 e. The first-order chi connectivity index (χ1) is 14.3. The van der Waals surface area contributed by atoms with E-state index in [4.69, 9.17) is 4.98 Å². The van der Waals surface area contributed by atoms with Crippen LogP contribution < -0.4 is 0 Å². The number of nitrogens with zero attached hydrogens (tertiary/aromatic N) is 1. The number of aromatic nitrogens is 1. The van der Waals surface area contributed by atoms with Crippen molar-refractivity contribution in [2.75, 3.05) is 0 Å². The fraction of sp³-hybridized carbons (Fsp3) is 0.148. The van der Waals surface area contributed by atoms with E-state index in [-0.39, 0.29) is 0 Å². The van der Waals surface area contributed by atoms with E-state index in [9.17, 15) is 0 Å². The van der Waals surface area contributed by atoms with E-state index in [1.54, 1.807) is 0 Å². The van der Waals surface area contributed by atoms with Crippen molar-refractivity contribution in [2.24, 2.45) is 0 Å². The molecule has 0 atom stereocenters. The van der Waals surface area contributed by atoms with Crippen molar-refractivity contribution in [3.05, 3.63) is 99.7 Å². The summed E-state index contributed by atoms with van der Waals surface area (Å²) in [6, 6.07) is 26.4. The molecule has 2 heteroatoms. The van der Waals surface area contributed by atoms with Gasteiger partial charge in [-0.3, -0.25) is 4.98 Å². The van der Waals surface area contributed by atoms with Crippen LogP contribution >= 0.6 is 15.9 Å². The Balaban J connectivity index is 1.71. The summed E-state index contributed by atoms with van der Waals surface area (Å²) < 4.78 is 1.10. The van der Waals surface area contributed by atoms with Gasteiger partial charge in [0.15, 0.2) is 0 Å². The molecule has 0 fully saturated rings. The monoisotopic (exact) mass is 437 g/mol. The van der Waals surface area contributed by atoms with Crippen LogP contribution in [0.2, 0.25) is 0 Å². The van der Waals surface area contributed by atoms with Crippen LogP contribution in [0.5, 0.6) is 0 Å². The lowest BCUT2D eigenvalue weighted by Gasteiger charge is -2.30. The molecule has 3 aromatic carbocycles. The zero-order valence-corrected chi connectivity index (χ0v) is 17.7. The molecule has 29 heavy (non-hydrogen) atoms. The summed E-state index contributed by atoms with van der Waals surface area (Å²) in [5, 5.41) is 0. The molecule has 0 unspecified atom stereocenters. The summed E-state index contributed by atoms with van der Waals surface area (Å²) in [6.07, 6.45) is 4.27. The van der Waals surface area contributed by atoms with Crippen LogP contribution in [0, 0.1) is 0 Å². The van der Waals surface area contributed by atoms with Crippen molar-refractivity contribution in [3.8, 4) is 33.5 Å². The maximum Gasteiger partial charge on any atom is 0.0786 e. The number of fused-ring (bicyclic) bond motifs is 7. The highest BCUT2D eigenvalue weighted by Crippen LogP contribution is 2.47. The topological polar surface area (TPSA) is 12.9 Å². The summed E-state index contributed by atoms with van der Waals surface area (Å²) >= 11 is 3.58. The molecular weight excluding hydrogens is 418 g/mol. The Morgan fingerprint density at radius 3 is 1.97 bits per heavy atom. The van der Waals surface area contributed by atoms with Gasteiger partial charge in [0.25, 0.3) is 0 Å². The highest BCUT2D eigenvalue weighted by Gasteiger charge is 2.29. The first-order valence-corrected chi connectivity index (χ1v) is 11.1. The van der Waals surface area contributed by atoms with Gasteiger partial charge in [-0.1, -0.05) is 76.6 Å². The second-order valence-electron chi connectivity index (χ2n) is 7.96. The highest BCUT2D eigenvalue weighted by atomic mass is 79.9. The third-order valence-corrected chi connectivity index (χ3v) is 6.87. The van der Waals surface area contributed by atoms with Gasteiger partial charge < -0.3 is 0 Å². The Morgan fingerprint density at radius 2 is 1.24 bits per heavy atom. The summed E-state index contributed by atoms with van der Waals surface area (Å²) in [6.45, 7) is 0. The van der Waals surface area contributed by atoms with E-state index in [0.717, 1.165) is 35.8 Å². The standard InChI is InChI=1S/C27H20BrN/c28-20-13-9-19(10-14-20)27-26-22-8-4-2-5-17(22)11-15-23(26)25-21-7-3-1-6-18(21)12-16-24(25)29-27/h1-10,13-14H,11-12,15-16H2. The van der Waals surface area contributed by atoms with Crippen molar-refractivity contribution >= 4 is 15.9 Å². The molecule has 1 nitrogen and oxygen atoms in total. The average Bonchev–Trinajstić information content (AvgIpc) is 2.78.